The van der Waals surface area contributed by atoms with E-state index in [1.165, 1.54) is 0 Å². The van der Waals surface area contributed by atoms with Crippen molar-refractivity contribution >= 4 is 0 Å². The third-order valence-electron chi connectivity index (χ3n) is 2.24. The van der Waals surface area contributed by atoms with E-state index in [1.54, 1.807) is 7.11 Å². The number of hydrogen-bond donors (Lipinski definition) is 1. The lowest BCUT2D eigenvalue weighted by molar-refractivity contribution is 0.147. The molecule has 1 N–H and O–H groups in total. The SMILES string of the molecule is CCOCCc1nnc(CO)n1CCOC. The summed E-state index contributed by atoms with van der Waals surface area (Å²) in [5.74, 6) is 1.40. The van der Waals surface area contributed by atoms with E-state index in [9.17, 15) is 0 Å². The standard InChI is InChI=1S/C10H19N3O3/c1-3-16-6-4-9-11-12-10(8-14)13(9)5-7-15-2/h14H,3-8H2,1-2H3. The molecule has 0 aromatic carbocycles. The molecule has 6 heteroatoms. The van der Waals surface area contributed by atoms with Gasteiger partial charge in [-0.1, -0.05) is 0 Å². The van der Waals surface area contributed by atoms with Crippen molar-refractivity contribution < 1.29 is 14.6 Å². The lowest BCUT2D eigenvalue weighted by Crippen LogP contribution is -2.13. The number of methoxy groups -OCH3 is 1. The van der Waals surface area contributed by atoms with Gasteiger partial charge in [-0.25, -0.2) is 0 Å². The lowest BCUT2D eigenvalue weighted by atomic mass is 10.4. The minimum absolute atomic E-state index is 0.106. The summed E-state index contributed by atoms with van der Waals surface area (Å²) in [6.45, 7) is 4.39. The topological polar surface area (TPSA) is 69.4 Å². The summed E-state index contributed by atoms with van der Waals surface area (Å²) >= 11 is 0. The first-order valence-corrected chi connectivity index (χ1v) is 5.42. The predicted molar refractivity (Wildman–Crippen MR) is 58.0 cm³/mol. The zero-order valence-corrected chi connectivity index (χ0v) is 9.85. The zero-order chi connectivity index (χ0) is 11.8. The van der Waals surface area contributed by atoms with Gasteiger partial charge in [-0.15, -0.1) is 10.2 Å². The van der Waals surface area contributed by atoms with Gasteiger partial charge in [0.1, 0.15) is 12.4 Å². The molecule has 1 heterocycles. The van der Waals surface area contributed by atoms with Gasteiger partial charge in [-0.05, 0) is 6.92 Å². The maximum absolute atomic E-state index is 9.11. The van der Waals surface area contributed by atoms with E-state index in [4.69, 9.17) is 14.6 Å². The second kappa shape index (κ2) is 7.32. The average molecular weight is 229 g/mol. The van der Waals surface area contributed by atoms with Crippen molar-refractivity contribution in [2.45, 2.75) is 26.5 Å². The normalized spacial score (nSPS) is 10.9. The fourth-order valence-corrected chi connectivity index (χ4v) is 1.42. The second-order valence-corrected chi connectivity index (χ2v) is 3.28. The third kappa shape index (κ3) is 3.55. The Kier molecular flexibility index (Phi) is 5.99. The zero-order valence-electron chi connectivity index (χ0n) is 9.85. The number of ether oxygens (including phenoxy) is 2. The van der Waals surface area contributed by atoms with Crippen LogP contribution < -0.4 is 0 Å². The highest BCUT2D eigenvalue weighted by molar-refractivity contribution is 4.95. The third-order valence-corrected chi connectivity index (χ3v) is 2.24. The minimum Gasteiger partial charge on any atom is -0.388 e. The number of nitrogens with zero attached hydrogens (tertiary/aromatic N) is 3. The van der Waals surface area contributed by atoms with Gasteiger partial charge in [0.05, 0.1) is 13.2 Å². The molecule has 0 fully saturated rings. The summed E-state index contributed by atoms with van der Waals surface area (Å²) in [6.07, 6.45) is 0.699. The summed E-state index contributed by atoms with van der Waals surface area (Å²) in [7, 11) is 1.64. The molecule has 0 aliphatic carbocycles. The Hall–Kier alpha value is -0.980. The first-order valence-electron chi connectivity index (χ1n) is 5.42. The van der Waals surface area contributed by atoms with Crippen LogP contribution >= 0.6 is 0 Å². The summed E-state index contributed by atoms with van der Waals surface area (Å²) in [5, 5.41) is 17.1. The molecule has 0 unspecified atom stereocenters. The van der Waals surface area contributed by atoms with E-state index in [0.717, 1.165) is 5.82 Å². The Labute approximate surface area is 95.2 Å². The smallest absolute Gasteiger partial charge is 0.158 e. The molecule has 92 valence electrons. The van der Waals surface area contributed by atoms with Gasteiger partial charge in [-0.2, -0.15) is 0 Å². The summed E-state index contributed by atoms with van der Waals surface area (Å²) in [6, 6.07) is 0. The van der Waals surface area contributed by atoms with E-state index < -0.39 is 0 Å². The van der Waals surface area contributed by atoms with Crippen LogP contribution in [0.2, 0.25) is 0 Å². The van der Waals surface area contributed by atoms with Crippen molar-refractivity contribution in [1.82, 2.24) is 14.8 Å². The highest BCUT2D eigenvalue weighted by Crippen LogP contribution is 2.03. The lowest BCUT2D eigenvalue weighted by Gasteiger charge is -2.08. The van der Waals surface area contributed by atoms with Crippen molar-refractivity contribution in [3.8, 4) is 0 Å². The molecule has 1 rings (SSSR count). The average Bonchev–Trinajstić information content (AvgIpc) is 2.69. The first-order chi connectivity index (χ1) is 7.83. The highest BCUT2D eigenvalue weighted by atomic mass is 16.5. The van der Waals surface area contributed by atoms with Crippen LogP contribution in [0.25, 0.3) is 0 Å². The van der Waals surface area contributed by atoms with E-state index >= 15 is 0 Å². The van der Waals surface area contributed by atoms with Crippen molar-refractivity contribution in [3.63, 3.8) is 0 Å². The van der Waals surface area contributed by atoms with Gasteiger partial charge in [0.25, 0.3) is 0 Å². The van der Waals surface area contributed by atoms with Crippen molar-refractivity contribution in [2.24, 2.45) is 0 Å². The van der Waals surface area contributed by atoms with Gasteiger partial charge in [0.2, 0.25) is 0 Å². The molecular formula is C10H19N3O3. The fourth-order valence-electron chi connectivity index (χ4n) is 1.42. The molecule has 0 spiro atoms. The van der Waals surface area contributed by atoms with E-state index in [0.29, 0.717) is 38.6 Å². The van der Waals surface area contributed by atoms with Crippen LogP contribution in [0.4, 0.5) is 0 Å². The molecule has 0 aliphatic rings. The summed E-state index contributed by atoms with van der Waals surface area (Å²) < 4.78 is 12.1. The maximum atomic E-state index is 9.11. The Morgan fingerprint density at radius 2 is 2.00 bits per heavy atom. The van der Waals surface area contributed by atoms with Crippen LogP contribution in [-0.2, 0) is 29.0 Å². The first kappa shape index (κ1) is 13.1. The molecule has 0 radical (unpaired) electrons. The Morgan fingerprint density at radius 1 is 1.25 bits per heavy atom. The molecule has 0 atom stereocenters. The van der Waals surface area contributed by atoms with Crippen LogP contribution in [0.15, 0.2) is 0 Å². The number of rotatable bonds is 8. The quantitative estimate of drug-likeness (QED) is 0.635. The van der Waals surface area contributed by atoms with Crippen molar-refractivity contribution in [3.05, 3.63) is 11.6 Å². The van der Waals surface area contributed by atoms with E-state index in [1.807, 2.05) is 11.5 Å². The van der Waals surface area contributed by atoms with Gasteiger partial charge in [0.15, 0.2) is 5.82 Å². The van der Waals surface area contributed by atoms with Gasteiger partial charge < -0.3 is 19.1 Å². The summed E-state index contributed by atoms with van der Waals surface area (Å²) in [5.41, 5.74) is 0. The molecule has 0 saturated heterocycles. The van der Waals surface area contributed by atoms with Crippen molar-refractivity contribution in [1.29, 1.82) is 0 Å². The molecule has 1 aromatic rings. The van der Waals surface area contributed by atoms with Gasteiger partial charge in [-0.3, -0.25) is 0 Å². The predicted octanol–water partition coefficient (Wildman–Crippen LogP) is -0.00420. The molecule has 0 bridgehead atoms. The largest absolute Gasteiger partial charge is 0.388 e. The van der Waals surface area contributed by atoms with Gasteiger partial charge >= 0.3 is 0 Å². The number of aromatic nitrogens is 3. The van der Waals surface area contributed by atoms with Crippen molar-refractivity contribution in [2.75, 3.05) is 26.9 Å². The fraction of sp³-hybridized carbons (Fsp3) is 0.800. The number of aliphatic hydroxyl groups excluding tert-OH is 1. The van der Waals surface area contributed by atoms with Gasteiger partial charge in [0, 0.05) is 26.7 Å². The molecule has 0 saturated carbocycles. The van der Waals surface area contributed by atoms with Crippen LogP contribution in [0.1, 0.15) is 18.6 Å². The van der Waals surface area contributed by atoms with Crippen LogP contribution in [0.5, 0.6) is 0 Å². The molecule has 0 aliphatic heterocycles. The molecule has 1 aromatic heterocycles. The Bertz CT molecular complexity index is 301. The van der Waals surface area contributed by atoms with E-state index in [2.05, 4.69) is 10.2 Å². The minimum atomic E-state index is -0.106. The highest BCUT2D eigenvalue weighted by Gasteiger charge is 2.10. The second-order valence-electron chi connectivity index (χ2n) is 3.28. The van der Waals surface area contributed by atoms with Crippen LogP contribution in [0.3, 0.4) is 0 Å². The molecule has 16 heavy (non-hydrogen) atoms. The maximum Gasteiger partial charge on any atom is 0.158 e. The summed E-state index contributed by atoms with van der Waals surface area (Å²) in [4.78, 5) is 0. The monoisotopic (exact) mass is 229 g/mol. The molecular weight excluding hydrogens is 210 g/mol. The number of aliphatic hydroxyl groups is 1. The Morgan fingerprint density at radius 3 is 2.62 bits per heavy atom. The molecule has 6 nitrogen and oxygen atoms in total. The van der Waals surface area contributed by atoms with E-state index in [-0.39, 0.29) is 6.61 Å². The van der Waals surface area contributed by atoms with Crippen LogP contribution in [-0.4, -0.2) is 46.8 Å². The molecule has 0 amide bonds. The number of hydrogen-bond acceptors (Lipinski definition) is 5. The van der Waals surface area contributed by atoms with Crippen LogP contribution in [0, 0.1) is 0 Å². The Balaban J connectivity index is 2.62.